The zero-order chi connectivity index (χ0) is 19.0. The van der Waals surface area contributed by atoms with Crippen LogP contribution in [0, 0.1) is 0 Å². The lowest BCUT2D eigenvalue weighted by Crippen LogP contribution is -2.20. The third kappa shape index (κ3) is 5.61. The van der Waals surface area contributed by atoms with E-state index in [0.717, 1.165) is 17.7 Å². The van der Waals surface area contributed by atoms with Crippen molar-refractivity contribution in [2.24, 2.45) is 0 Å². The first-order chi connectivity index (χ1) is 12.5. The van der Waals surface area contributed by atoms with Gasteiger partial charge < -0.3 is 14.6 Å². The third-order valence-corrected chi connectivity index (χ3v) is 4.59. The number of rotatable bonds is 10. The van der Waals surface area contributed by atoms with Crippen LogP contribution in [0.5, 0.6) is 11.5 Å². The fraction of sp³-hybridized carbons (Fsp3) is 0.429. The molecule has 26 heavy (non-hydrogen) atoms. The van der Waals surface area contributed by atoms with Gasteiger partial charge >= 0.3 is 0 Å². The zero-order valence-electron chi connectivity index (χ0n) is 15.3. The van der Waals surface area contributed by atoms with Gasteiger partial charge in [0.05, 0.1) is 6.61 Å². The molecule has 142 valence electrons. The maximum atomic E-state index is 12.3. The van der Waals surface area contributed by atoms with Gasteiger partial charge in [0, 0.05) is 11.3 Å². The van der Waals surface area contributed by atoms with Crippen LogP contribution in [-0.4, -0.2) is 37.0 Å². The molecule has 2 aromatic carbocycles. The van der Waals surface area contributed by atoms with Crippen LogP contribution in [0.15, 0.2) is 48.5 Å². The molecule has 2 aromatic rings. The van der Waals surface area contributed by atoms with Crippen LogP contribution < -0.4 is 9.47 Å². The molecule has 1 unspecified atom stereocenters. The summed E-state index contributed by atoms with van der Waals surface area (Å²) in [6.07, 6.45) is -0.262. The van der Waals surface area contributed by atoms with Crippen molar-refractivity contribution in [3.05, 3.63) is 59.7 Å². The molecule has 1 N–H and O–H groups in total. The van der Waals surface area contributed by atoms with Gasteiger partial charge in [-0.25, -0.2) is 4.39 Å². The largest absolute Gasteiger partial charge is 0.494 e. The highest BCUT2D eigenvalue weighted by Crippen LogP contribution is 2.33. The summed E-state index contributed by atoms with van der Waals surface area (Å²) in [5.74, 6) is 2.04. The summed E-state index contributed by atoms with van der Waals surface area (Å²) in [6.45, 7) is 4.06. The van der Waals surface area contributed by atoms with Crippen molar-refractivity contribution in [2.75, 3.05) is 25.8 Å². The molecule has 5 heteroatoms. The number of hydrogen-bond acceptors (Lipinski definition) is 3. The standard InChI is InChI=1S/C21H26ClFO3/c1-21(2,16-4-8-19(9-5-16)25-13-3-12-22)17-6-10-20(11-7-17)26-15-18(24)14-23/h4-11,18,24H,3,12-15H2,1-2H3. The number of halogens is 2. The Bertz CT molecular complexity index is 656. The zero-order valence-corrected chi connectivity index (χ0v) is 16.0. The smallest absolute Gasteiger partial charge is 0.119 e. The van der Waals surface area contributed by atoms with E-state index in [2.05, 4.69) is 26.0 Å². The molecule has 0 radical (unpaired) electrons. The van der Waals surface area contributed by atoms with Crippen molar-refractivity contribution in [2.45, 2.75) is 31.8 Å². The summed E-state index contributed by atoms with van der Waals surface area (Å²) in [5.41, 5.74) is 2.11. The van der Waals surface area contributed by atoms with Gasteiger partial charge in [-0.05, 0) is 41.8 Å². The van der Waals surface area contributed by atoms with E-state index in [0.29, 0.717) is 18.2 Å². The molecule has 0 aliphatic rings. The number of aliphatic hydroxyl groups excluding tert-OH is 1. The highest BCUT2D eigenvalue weighted by atomic mass is 35.5. The first-order valence-electron chi connectivity index (χ1n) is 8.74. The molecule has 0 saturated heterocycles. The van der Waals surface area contributed by atoms with Crippen molar-refractivity contribution >= 4 is 11.6 Å². The summed E-state index contributed by atoms with van der Waals surface area (Å²) in [5, 5.41) is 9.23. The Morgan fingerprint density at radius 2 is 1.46 bits per heavy atom. The summed E-state index contributed by atoms with van der Waals surface area (Å²) in [4.78, 5) is 0. The fourth-order valence-electron chi connectivity index (χ4n) is 2.58. The van der Waals surface area contributed by atoms with E-state index >= 15 is 0 Å². The molecule has 1 atom stereocenters. The number of aliphatic hydroxyl groups is 1. The molecule has 0 saturated carbocycles. The minimum atomic E-state index is -1.09. The lowest BCUT2D eigenvalue weighted by atomic mass is 9.78. The summed E-state index contributed by atoms with van der Waals surface area (Å²) < 4.78 is 23.3. The minimum absolute atomic E-state index is 0.0512. The first kappa shape index (κ1) is 20.5. The van der Waals surface area contributed by atoms with Crippen molar-refractivity contribution in [3.63, 3.8) is 0 Å². The molecule has 0 amide bonds. The van der Waals surface area contributed by atoms with E-state index in [4.69, 9.17) is 21.1 Å². The Morgan fingerprint density at radius 3 is 1.92 bits per heavy atom. The molecular formula is C21H26ClFO3. The van der Waals surface area contributed by atoms with Crippen LogP contribution in [0.3, 0.4) is 0 Å². The summed E-state index contributed by atoms with van der Waals surface area (Å²) in [7, 11) is 0. The molecule has 0 heterocycles. The van der Waals surface area contributed by atoms with Gasteiger partial charge in [-0.15, -0.1) is 11.6 Å². The van der Waals surface area contributed by atoms with Gasteiger partial charge in [-0.3, -0.25) is 0 Å². The lowest BCUT2D eigenvalue weighted by Gasteiger charge is -2.26. The Morgan fingerprint density at radius 1 is 0.962 bits per heavy atom. The SMILES string of the molecule is CC(C)(c1ccc(OCCCCl)cc1)c1ccc(OCC(O)CF)cc1. The van der Waals surface area contributed by atoms with Gasteiger partial charge in [-0.2, -0.15) is 0 Å². The fourth-order valence-corrected chi connectivity index (χ4v) is 2.69. The van der Waals surface area contributed by atoms with Crippen molar-refractivity contribution in [3.8, 4) is 11.5 Å². The molecular weight excluding hydrogens is 355 g/mol. The quantitative estimate of drug-likeness (QED) is 0.478. The van der Waals surface area contributed by atoms with Crippen LogP contribution in [0.2, 0.25) is 0 Å². The first-order valence-corrected chi connectivity index (χ1v) is 9.27. The number of hydrogen-bond donors (Lipinski definition) is 1. The highest BCUT2D eigenvalue weighted by molar-refractivity contribution is 6.17. The Balaban J connectivity index is 2.04. The number of ether oxygens (including phenoxy) is 2. The average molecular weight is 381 g/mol. The second kappa shape index (κ2) is 9.79. The molecule has 0 spiro atoms. The van der Waals surface area contributed by atoms with E-state index in [1.54, 1.807) is 0 Å². The van der Waals surface area contributed by atoms with E-state index in [1.807, 2.05) is 36.4 Å². The monoisotopic (exact) mass is 380 g/mol. The molecule has 3 nitrogen and oxygen atoms in total. The van der Waals surface area contributed by atoms with Crippen LogP contribution in [0.4, 0.5) is 4.39 Å². The molecule has 0 aliphatic carbocycles. The van der Waals surface area contributed by atoms with Gasteiger partial charge in [0.15, 0.2) is 0 Å². The lowest BCUT2D eigenvalue weighted by molar-refractivity contribution is 0.0842. The summed E-state index contributed by atoms with van der Waals surface area (Å²) >= 11 is 5.66. The molecule has 0 aromatic heterocycles. The van der Waals surface area contributed by atoms with Crippen LogP contribution in [0.25, 0.3) is 0 Å². The maximum Gasteiger partial charge on any atom is 0.119 e. The Labute approximate surface area is 159 Å². The van der Waals surface area contributed by atoms with Gasteiger partial charge in [0.1, 0.15) is 30.9 Å². The number of alkyl halides is 2. The second-order valence-electron chi connectivity index (χ2n) is 6.68. The third-order valence-electron chi connectivity index (χ3n) is 4.32. The van der Waals surface area contributed by atoms with E-state index in [1.165, 1.54) is 5.56 Å². The maximum absolute atomic E-state index is 12.3. The van der Waals surface area contributed by atoms with Crippen LogP contribution in [0.1, 0.15) is 31.4 Å². The second-order valence-corrected chi connectivity index (χ2v) is 7.06. The van der Waals surface area contributed by atoms with Gasteiger partial charge in [0.25, 0.3) is 0 Å². The molecule has 0 fully saturated rings. The Hall–Kier alpha value is -1.78. The van der Waals surface area contributed by atoms with Crippen molar-refractivity contribution in [1.82, 2.24) is 0 Å². The van der Waals surface area contributed by atoms with Crippen LogP contribution >= 0.6 is 11.6 Å². The molecule has 0 bridgehead atoms. The summed E-state index contributed by atoms with van der Waals surface area (Å²) in [6, 6.07) is 15.7. The highest BCUT2D eigenvalue weighted by Gasteiger charge is 2.23. The Kier molecular flexibility index (Phi) is 7.73. The number of benzene rings is 2. The topological polar surface area (TPSA) is 38.7 Å². The van der Waals surface area contributed by atoms with E-state index in [-0.39, 0.29) is 12.0 Å². The van der Waals surface area contributed by atoms with Crippen molar-refractivity contribution in [1.29, 1.82) is 0 Å². The van der Waals surface area contributed by atoms with E-state index < -0.39 is 12.8 Å². The van der Waals surface area contributed by atoms with Gasteiger partial charge in [-0.1, -0.05) is 38.1 Å². The van der Waals surface area contributed by atoms with Crippen molar-refractivity contribution < 1.29 is 19.0 Å². The average Bonchev–Trinajstić information content (AvgIpc) is 2.67. The minimum Gasteiger partial charge on any atom is -0.494 e. The predicted octanol–water partition coefficient (Wildman–Crippen LogP) is 4.73. The van der Waals surface area contributed by atoms with Gasteiger partial charge in [0.2, 0.25) is 0 Å². The van der Waals surface area contributed by atoms with E-state index in [9.17, 15) is 9.50 Å². The molecule has 2 rings (SSSR count). The van der Waals surface area contributed by atoms with Crippen LogP contribution in [-0.2, 0) is 5.41 Å². The normalized spacial score (nSPS) is 12.7. The molecule has 0 aliphatic heterocycles. The predicted molar refractivity (Wildman–Crippen MR) is 103 cm³/mol.